The van der Waals surface area contributed by atoms with E-state index in [0.717, 1.165) is 0 Å². The van der Waals surface area contributed by atoms with E-state index in [-0.39, 0.29) is 0 Å². The molecule has 0 aromatic heterocycles. The third-order valence-electron chi connectivity index (χ3n) is 2.24. The summed E-state index contributed by atoms with van der Waals surface area (Å²) < 4.78 is 28.3. The number of ether oxygens (including phenoxy) is 6. The van der Waals surface area contributed by atoms with Crippen molar-refractivity contribution in [2.75, 3.05) is 28.4 Å². The fourth-order valence-corrected chi connectivity index (χ4v) is 0.773. The monoisotopic (exact) mass is 294 g/mol. The molecule has 0 spiro atoms. The van der Waals surface area contributed by atoms with Gasteiger partial charge in [-0.2, -0.15) is 0 Å². The van der Waals surface area contributed by atoms with Crippen LogP contribution < -0.4 is 0 Å². The molecule has 0 rings (SSSR count). The van der Waals surface area contributed by atoms with Gasteiger partial charge in [-0.25, -0.2) is 9.59 Å². The maximum Gasteiger partial charge on any atom is 0.456 e. The Bertz CT molecular complexity index is 328. The summed E-state index contributed by atoms with van der Waals surface area (Å²) in [6.45, 7) is 2.65. The molecule has 0 radical (unpaired) electrons. The van der Waals surface area contributed by atoms with Gasteiger partial charge in [0.05, 0.1) is 0 Å². The number of azo groups is 1. The number of carbonyl (C=O) groups excluding carboxylic acids is 2. The average molecular weight is 294 g/mol. The fraction of sp³-hybridized carbons (Fsp3) is 0.800. The Morgan fingerprint density at radius 2 is 0.950 bits per heavy atom. The van der Waals surface area contributed by atoms with Gasteiger partial charge in [-0.3, -0.25) is 0 Å². The second-order valence-electron chi connectivity index (χ2n) is 3.48. The minimum atomic E-state index is -1.63. The largest absolute Gasteiger partial charge is 0.456 e. The zero-order valence-electron chi connectivity index (χ0n) is 12.2. The van der Waals surface area contributed by atoms with E-state index in [1.807, 2.05) is 0 Å². The van der Waals surface area contributed by atoms with E-state index in [1.54, 1.807) is 0 Å². The fourth-order valence-electron chi connectivity index (χ4n) is 0.773. The summed E-state index contributed by atoms with van der Waals surface area (Å²) in [6.07, 6.45) is -2.41. The molecule has 0 aromatic carbocycles. The highest BCUT2D eigenvalue weighted by Gasteiger charge is 2.30. The number of carbonyl (C=O) groups is 2. The molecule has 20 heavy (non-hydrogen) atoms. The quantitative estimate of drug-likeness (QED) is 0.536. The second kappa shape index (κ2) is 7.85. The van der Waals surface area contributed by atoms with Crippen molar-refractivity contribution < 1.29 is 38.0 Å². The van der Waals surface area contributed by atoms with E-state index >= 15 is 0 Å². The van der Waals surface area contributed by atoms with Gasteiger partial charge in [0.2, 0.25) is 0 Å². The molecule has 2 amide bonds. The van der Waals surface area contributed by atoms with Gasteiger partial charge in [0, 0.05) is 42.3 Å². The second-order valence-corrected chi connectivity index (χ2v) is 3.48. The Morgan fingerprint density at radius 3 is 1.15 bits per heavy atom. The predicted octanol–water partition coefficient (Wildman–Crippen LogP) is 1.64. The van der Waals surface area contributed by atoms with E-state index in [4.69, 9.17) is 18.9 Å². The van der Waals surface area contributed by atoms with Crippen molar-refractivity contribution in [1.29, 1.82) is 0 Å². The van der Waals surface area contributed by atoms with Crippen molar-refractivity contribution in [3.8, 4) is 0 Å². The molecule has 0 N–H and O–H groups in total. The maximum atomic E-state index is 11.3. The molecule has 0 aliphatic carbocycles. The molecular formula is C10H18N2O8. The van der Waals surface area contributed by atoms with Gasteiger partial charge in [0.1, 0.15) is 0 Å². The highest BCUT2D eigenvalue weighted by atomic mass is 16.9. The summed E-state index contributed by atoms with van der Waals surface area (Å²) in [6, 6.07) is 0. The SMILES string of the molecule is COC(C)(OC)OC(=O)N=NC(=O)OC(C)(OC)OC. The highest BCUT2D eigenvalue weighted by molar-refractivity contribution is 5.73. The van der Waals surface area contributed by atoms with Crippen molar-refractivity contribution in [2.24, 2.45) is 10.2 Å². The van der Waals surface area contributed by atoms with Gasteiger partial charge in [-0.05, 0) is 0 Å². The van der Waals surface area contributed by atoms with E-state index < -0.39 is 24.1 Å². The smallest absolute Gasteiger partial charge is 0.389 e. The summed E-state index contributed by atoms with van der Waals surface area (Å²) in [5, 5.41) is 5.95. The lowest BCUT2D eigenvalue weighted by Crippen LogP contribution is -2.35. The first-order valence-corrected chi connectivity index (χ1v) is 5.32. The summed E-state index contributed by atoms with van der Waals surface area (Å²) >= 11 is 0. The first kappa shape index (κ1) is 18.4. The molecule has 0 heterocycles. The molecule has 0 fully saturated rings. The van der Waals surface area contributed by atoms with Crippen LogP contribution in [0.4, 0.5) is 9.59 Å². The van der Waals surface area contributed by atoms with Gasteiger partial charge in [-0.1, -0.05) is 10.2 Å². The van der Waals surface area contributed by atoms with Crippen LogP contribution in [0, 0.1) is 0 Å². The standard InChI is InChI=1S/C10H18N2O8/c1-9(15-3,16-4)19-7(13)11-12-8(14)20-10(2,17-5)18-6/h1-6H3. The van der Waals surface area contributed by atoms with Crippen LogP contribution in [0.15, 0.2) is 10.2 Å². The number of rotatable bonds is 6. The number of nitrogens with zero attached hydrogens (tertiary/aromatic N) is 2. The topological polar surface area (TPSA) is 114 Å². The van der Waals surface area contributed by atoms with Crippen molar-refractivity contribution in [1.82, 2.24) is 0 Å². The van der Waals surface area contributed by atoms with Gasteiger partial charge in [0.25, 0.3) is 0 Å². The minimum Gasteiger partial charge on any atom is -0.389 e. The molecule has 0 aliphatic rings. The zero-order valence-corrected chi connectivity index (χ0v) is 12.2. The van der Waals surface area contributed by atoms with Gasteiger partial charge in [-0.15, -0.1) is 0 Å². The Hall–Kier alpha value is -1.62. The molecule has 116 valence electrons. The predicted molar refractivity (Wildman–Crippen MR) is 62.7 cm³/mol. The van der Waals surface area contributed by atoms with Crippen molar-refractivity contribution >= 4 is 12.2 Å². The van der Waals surface area contributed by atoms with E-state index in [2.05, 4.69) is 19.7 Å². The molecule has 0 unspecified atom stereocenters. The van der Waals surface area contributed by atoms with Crippen LogP contribution in [-0.4, -0.2) is 52.6 Å². The minimum absolute atomic E-state index is 1.20. The number of amides is 2. The van der Waals surface area contributed by atoms with Gasteiger partial charge in [0.15, 0.2) is 0 Å². The van der Waals surface area contributed by atoms with Crippen LogP contribution in [0.1, 0.15) is 13.8 Å². The summed E-state index contributed by atoms with van der Waals surface area (Å²) in [7, 11) is 5.02. The van der Waals surface area contributed by atoms with E-state index in [1.165, 1.54) is 42.3 Å². The van der Waals surface area contributed by atoms with E-state index in [0.29, 0.717) is 0 Å². The van der Waals surface area contributed by atoms with Crippen LogP contribution in [0.2, 0.25) is 0 Å². The molecule has 10 nitrogen and oxygen atoms in total. The van der Waals surface area contributed by atoms with Gasteiger partial charge >= 0.3 is 24.1 Å². The lowest BCUT2D eigenvalue weighted by atomic mass is 10.6. The van der Waals surface area contributed by atoms with Gasteiger partial charge < -0.3 is 28.4 Å². The molecule has 0 saturated carbocycles. The average Bonchev–Trinajstić information content (AvgIpc) is 2.44. The maximum absolute atomic E-state index is 11.3. The molecular weight excluding hydrogens is 276 g/mol. The lowest BCUT2D eigenvalue weighted by Gasteiger charge is -2.24. The van der Waals surface area contributed by atoms with Crippen LogP contribution in [0.5, 0.6) is 0 Å². The molecule has 0 bridgehead atoms. The van der Waals surface area contributed by atoms with Crippen LogP contribution in [0.25, 0.3) is 0 Å². The third-order valence-corrected chi connectivity index (χ3v) is 2.24. The Morgan fingerprint density at radius 1 is 0.700 bits per heavy atom. The Labute approximate surface area is 115 Å². The zero-order chi connectivity index (χ0) is 15.8. The Balaban J connectivity index is 4.50. The Kier molecular flexibility index (Phi) is 7.21. The summed E-state index contributed by atoms with van der Waals surface area (Å²) in [5.74, 6) is -3.26. The van der Waals surface area contributed by atoms with Crippen molar-refractivity contribution in [3.05, 3.63) is 0 Å². The lowest BCUT2D eigenvalue weighted by molar-refractivity contribution is -0.323. The summed E-state index contributed by atoms with van der Waals surface area (Å²) in [5.41, 5.74) is 0. The molecule has 0 aromatic rings. The van der Waals surface area contributed by atoms with Crippen LogP contribution in [0.3, 0.4) is 0 Å². The van der Waals surface area contributed by atoms with E-state index in [9.17, 15) is 9.59 Å². The molecule has 0 saturated heterocycles. The van der Waals surface area contributed by atoms with Crippen molar-refractivity contribution in [3.63, 3.8) is 0 Å². The van der Waals surface area contributed by atoms with Crippen LogP contribution >= 0.6 is 0 Å². The van der Waals surface area contributed by atoms with Crippen LogP contribution in [-0.2, 0) is 28.4 Å². The number of methoxy groups -OCH3 is 4. The first-order valence-electron chi connectivity index (χ1n) is 5.32. The third kappa shape index (κ3) is 6.02. The van der Waals surface area contributed by atoms with Crippen molar-refractivity contribution in [2.45, 2.75) is 25.8 Å². The molecule has 0 atom stereocenters. The highest BCUT2D eigenvalue weighted by Crippen LogP contribution is 2.14. The number of hydrogen-bond donors (Lipinski definition) is 0. The summed E-state index contributed by atoms with van der Waals surface area (Å²) in [4.78, 5) is 22.5. The molecule has 0 aliphatic heterocycles. The normalized spacial score (nSPS) is 12.5. The number of hydrogen-bond acceptors (Lipinski definition) is 8. The first-order chi connectivity index (χ1) is 9.24. The molecule has 10 heteroatoms.